The molecule has 19 heavy (non-hydrogen) atoms. The standard InChI is InChI=1S/C15H25F2NO/c1-3-19-11-13(4-5-13)10-18-7-6-14(8-12(18)2)9-15(14,16)17/h12H,3-11H2,1-2H3. The Morgan fingerprint density at radius 1 is 1.26 bits per heavy atom. The summed E-state index contributed by atoms with van der Waals surface area (Å²) in [7, 11) is 0. The molecule has 0 aromatic carbocycles. The van der Waals surface area contributed by atoms with Gasteiger partial charge in [-0.05, 0) is 46.1 Å². The molecule has 3 rings (SSSR count). The quantitative estimate of drug-likeness (QED) is 0.762. The number of hydrogen-bond donors (Lipinski definition) is 0. The molecule has 2 atom stereocenters. The van der Waals surface area contributed by atoms with Gasteiger partial charge >= 0.3 is 0 Å². The molecule has 0 aromatic rings. The molecule has 1 spiro atoms. The predicted molar refractivity (Wildman–Crippen MR) is 70.4 cm³/mol. The third-order valence-electron chi connectivity index (χ3n) is 5.51. The van der Waals surface area contributed by atoms with Crippen molar-refractivity contribution in [3.05, 3.63) is 0 Å². The number of hydrogen-bond acceptors (Lipinski definition) is 2. The Hall–Kier alpha value is -0.220. The Morgan fingerprint density at radius 2 is 1.95 bits per heavy atom. The summed E-state index contributed by atoms with van der Waals surface area (Å²) in [6.45, 7) is 7.63. The van der Waals surface area contributed by atoms with E-state index in [0.29, 0.717) is 24.3 Å². The fourth-order valence-electron chi connectivity index (χ4n) is 3.76. The minimum atomic E-state index is -2.38. The van der Waals surface area contributed by atoms with Crippen molar-refractivity contribution >= 4 is 0 Å². The number of alkyl halides is 2. The molecule has 3 fully saturated rings. The first-order valence-electron chi connectivity index (χ1n) is 7.62. The topological polar surface area (TPSA) is 12.5 Å². The largest absolute Gasteiger partial charge is 0.381 e. The normalized spacial score (nSPS) is 39.5. The summed E-state index contributed by atoms with van der Waals surface area (Å²) in [6.07, 6.45) is 3.94. The van der Waals surface area contributed by atoms with Gasteiger partial charge < -0.3 is 4.74 Å². The first-order valence-corrected chi connectivity index (χ1v) is 7.62. The van der Waals surface area contributed by atoms with Crippen molar-refractivity contribution in [1.82, 2.24) is 4.90 Å². The average Bonchev–Trinajstić information content (AvgIpc) is 3.20. The molecule has 1 saturated heterocycles. The van der Waals surface area contributed by atoms with Gasteiger partial charge in [0, 0.05) is 36.4 Å². The Morgan fingerprint density at radius 3 is 2.42 bits per heavy atom. The summed E-state index contributed by atoms with van der Waals surface area (Å²) in [4.78, 5) is 2.42. The zero-order valence-corrected chi connectivity index (χ0v) is 12.1. The van der Waals surface area contributed by atoms with Crippen LogP contribution in [0, 0.1) is 10.8 Å². The van der Waals surface area contributed by atoms with E-state index in [2.05, 4.69) is 11.8 Å². The molecular weight excluding hydrogens is 248 g/mol. The van der Waals surface area contributed by atoms with E-state index < -0.39 is 11.3 Å². The lowest BCUT2D eigenvalue weighted by Crippen LogP contribution is -2.46. The fraction of sp³-hybridized carbons (Fsp3) is 1.00. The maximum atomic E-state index is 13.5. The van der Waals surface area contributed by atoms with Crippen LogP contribution in [0.1, 0.15) is 46.0 Å². The van der Waals surface area contributed by atoms with Crippen LogP contribution < -0.4 is 0 Å². The molecular formula is C15H25F2NO. The van der Waals surface area contributed by atoms with E-state index in [0.717, 1.165) is 26.3 Å². The smallest absolute Gasteiger partial charge is 0.254 e. The molecule has 4 heteroatoms. The molecule has 0 aromatic heterocycles. The van der Waals surface area contributed by atoms with Gasteiger partial charge in [0.2, 0.25) is 0 Å². The van der Waals surface area contributed by atoms with Crippen molar-refractivity contribution in [2.24, 2.45) is 10.8 Å². The van der Waals surface area contributed by atoms with Gasteiger partial charge in [0.05, 0.1) is 6.61 Å². The van der Waals surface area contributed by atoms with E-state index in [1.54, 1.807) is 0 Å². The van der Waals surface area contributed by atoms with Crippen LogP contribution in [0.3, 0.4) is 0 Å². The minimum Gasteiger partial charge on any atom is -0.381 e. The van der Waals surface area contributed by atoms with Crippen molar-refractivity contribution in [2.75, 3.05) is 26.3 Å². The van der Waals surface area contributed by atoms with E-state index in [1.165, 1.54) is 12.8 Å². The highest BCUT2D eigenvalue weighted by Crippen LogP contribution is 2.67. The van der Waals surface area contributed by atoms with Crippen LogP contribution in [0.15, 0.2) is 0 Å². The second kappa shape index (κ2) is 4.39. The third-order valence-corrected chi connectivity index (χ3v) is 5.51. The molecule has 0 bridgehead atoms. The first kappa shape index (κ1) is 13.7. The SMILES string of the molecule is CCOCC1(CN2CCC3(CC2C)CC3(F)F)CC1. The number of ether oxygens (including phenoxy) is 1. The van der Waals surface area contributed by atoms with Gasteiger partial charge in [-0.1, -0.05) is 0 Å². The monoisotopic (exact) mass is 273 g/mol. The second-order valence-corrected chi connectivity index (χ2v) is 7.07. The lowest BCUT2D eigenvalue weighted by molar-refractivity contribution is -0.000476. The molecule has 2 nitrogen and oxygen atoms in total. The van der Waals surface area contributed by atoms with Crippen molar-refractivity contribution < 1.29 is 13.5 Å². The number of piperidine rings is 1. The van der Waals surface area contributed by atoms with Crippen molar-refractivity contribution in [2.45, 2.75) is 57.9 Å². The summed E-state index contributed by atoms with van der Waals surface area (Å²) in [5.41, 5.74) is -0.305. The van der Waals surface area contributed by atoms with Crippen LogP contribution in [0.5, 0.6) is 0 Å². The van der Waals surface area contributed by atoms with E-state index in [-0.39, 0.29) is 6.42 Å². The van der Waals surface area contributed by atoms with E-state index >= 15 is 0 Å². The molecule has 3 aliphatic rings. The summed E-state index contributed by atoms with van der Waals surface area (Å²) >= 11 is 0. The van der Waals surface area contributed by atoms with Crippen LogP contribution in [0.2, 0.25) is 0 Å². The molecule has 0 radical (unpaired) electrons. The Bertz CT molecular complexity index is 356. The van der Waals surface area contributed by atoms with E-state index in [1.807, 2.05) is 6.92 Å². The average molecular weight is 273 g/mol. The Labute approximate surface area is 114 Å². The summed E-state index contributed by atoms with van der Waals surface area (Å²) < 4.78 is 32.5. The molecule has 2 unspecified atom stereocenters. The van der Waals surface area contributed by atoms with Crippen LogP contribution in [-0.4, -0.2) is 43.2 Å². The molecule has 1 heterocycles. The van der Waals surface area contributed by atoms with Gasteiger partial charge in [0.15, 0.2) is 0 Å². The maximum Gasteiger partial charge on any atom is 0.254 e. The number of rotatable bonds is 5. The first-order chi connectivity index (χ1) is 8.92. The highest BCUT2D eigenvalue weighted by atomic mass is 19.3. The Kier molecular flexibility index (Phi) is 3.17. The number of halogens is 2. The summed E-state index contributed by atoms with van der Waals surface area (Å²) in [6, 6.07) is 0.293. The van der Waals surface area contributed by atoms with Gasteiger partial charge in [0.25, 0.3) is 5.92 Å². The van der Waals surface area contributed by atoms with Crippen molar-refractivity contribution in [3.8, 4) is 0 Å². The number of likely N-dealkylation sites (tertiary alicyclic amines) is 1. The van der Waals surface area contributed by atoms with Gasteiger partial charge in [-0.2, -0.15) is 0 Å². The van der Waals surface area contributed by atoms with Gasteiger partial charge in [-0.3, -0.25) is 4.90 Å². The molecule has 0 amide bonds. The highest BCUT2D eigenvalue weighted by molar-refractivity contribution is 5.13. The molecule has 1 aliphatic heterocycles. The van der Waals surface area contributed by atoms with Crippen LogP contribution in [-0.2, 0) is 4.74 Å². The highest BCUT2D eigenvalue weighted by Gasteiger charge is 2.71. The lowest BCUT2D eigenvalue weighted by atomic mass is 9.87. The van der Waals surface area contributed by atoms with Gasteiger partial charge in [-0.15, -0.1) is 0 Å². The molecule has 2 aliphatic carbocycles. The Balaban J connectivity index is 1.54. The summed E-state index contributed by atoms with van der Waals surface area (Å²) in [5, 5.41) is 0. The second-order valence-electron chi connectivity index (χ2n) is 7.07. The van der Waals surface area contributed by atoms with Crippen molar-refractivity contribution in [1.29, 1.82) is 0 Å². The third kappa shape index (κ3) is 2.42. The maximum absolute atomic E-state index is 13.5. The number of nitrogens with zero attached hydrogens (tertiary/aromatic N) is 1. The molecule has 110 valence electrons. The van der Waals surface area contributed by atoms with Crippen LogP contribution in [0.4, 0.5) is 8.78 Å². The van der Waals surface area contributed by atoms with Crippen molar-refractivity contribution in [3.63, 3.8) is 0 Å². The van der Waals surface area contributed by atoms with E-state index in [9.17, 15) is 8.78 Å². The zero-order valence-electron chi connectivity index (χ0n) is 12.1. The van der Waals surface area contributed by atoms with Gasteiger partial charge in [0.1, 0.15) is 0 Å². The predicted octanol–water partition coefficient (Wildman–Crippen LogP) is 3.31. The van der Waals surface area contributed by atoms with E-state index in [4.69, 9.17) is 4.74 Å². The fourth-order valence-corrected chi connectivity index (χ4v) is 3.76. The van der Waals surface area contributed by atoms with Crippen LogP contribution in [0.25, 0.3) is 0 Å². The lowest BCUT2D eigenvalue weighted by Gasteiger charge is -2.40. The minimum absolute atomic E-state index is 0.127. The van der Waals surface area contributed by atoms with Gasteiger partial charge in [-0.25, -0.2) is 8.78 Å². The zero-order chi connectivity index (χ0) is 13.7. The molecule has 2 saturated carbocycles. The summed E-state index contributed by atoms with van der Waals surface area (Å²) in [5.74, 6) is -2.38. The van der Waals surface area contributed by atoms with Crippen LogP contribution >= 0.6 is 0 Å². The molecule has 0 N–H and O–H groups in total.